The number of halogens is 1. The second-order valence-electron chi connectivity index (χ2n) is 6.18. The molecule has 0 aliphatic heterocycles. The van der Waals surface area contributed by atoms with Gasteiger partial charge in [0.1, 0.15) is 17.1 Å². The number of hydrogen-bond acceptors (Lipinski definition) is 4. The molecule has 0 spiro atoms. The number of methoxy groups -OCH3 is 1. The number of amides is 1. The van der Waals surface area contributed by atoms with Gasteiger partial charge in [-0.1, -0.05) is 29.5 Å². The molecule has 1 atom stereocenters. The van der Waals surface area contributed by atoms with Gasteiger partial charge in [0.25, 0.3) is 5.91 Å². The molecule has 0 saturated carbocycles. The first-order valence-electron chi connectivity index (χ1n) is 8.66. The first kappa shape index (κ1) is 17.7. The molecular formula is C21H17FN4O2. The Labute approximate surface area is 160 Å². The average Bonchev–Trinajstić information content (AvgIpc) is 3.16. The molecule has 1 aromatic heterocycles. The summed E-state index contributed by atoms with van der Waals surface area (Å²) in [4.78, 5) is 12.8. The molecule has 140 valence electrons. The van der Waals surface area contributed by atoms with Crippen molar-refractivity contribution in [3.05, 3.63) is 89.7 Å². The van der Waals surface area contributed by atoms with Gasteiger partial charge in [0.2, 0.25) is 0 Å². The van der Waals surface area contributed by atoms with Crippen molar-refractivity contribution in [1.82, 2.24) is 20.3 Å². The summed E-state index contributed by atoms with van der Waals surface area (Å²) < 4.78 is 20.0. The van der Waals surface area contributed by atoms with Gasteiger partial charge in [-0.25, -0.2) is 9.07 Å². The third-order valence-corrected chi connectivity index (χ3v) is 4.43. The lowest BCUT2D eigenvalue weighted by Crippen LogP contribution is -2.34. The first-order valence-corrected chi connectivity index (χ1v) is 8.66. The first-order chi connectivity index (χ1) is 13.7. The summed E-state index contributed by atoms with van der Waals surface area (Å²) in [6.45, 7) is 0. The summed E-state index contributed by atoms with van der Waals surface area (Å²) >= 11 is 0. The second kappa shape index (κ2) is 7.48. The van der Waals surface area contributed by atoms with Gasteiger partial charge in [0, 0.05) is 5.56 Å². The smallest absolute Gasteiger partial charge is 0.253 e. The van der Waals surface area contributed by atoms with Crippen LogP contribution in [0.25, 0.3) is 11.0 Å². The van der Waals surface area contributed by atoms with Crippen molar-refractivity contribution >= 4 is 16.9 Å². The molecule has 0 aliphatic carbocycles. The summed E-state index contributed by atoms with van der Waals surface area (Å²) in [5.74, 6) is -0.0401. The molecule has 0 saturated heterocycles. The van der Waals surface area contributed by atoms with Crippen LogP contribution in [0.2, 0.25) is 0 Å². The highest BCUT2D eigenvalue weighted by Gasteiger charge is 2.21. The van der Waals surface area contributed by atoms with Gasteiger partial charge in [0.05, 0.1) is 12.6 Å². The Morgan fingerprint density at radius 2 is 1.75 bits per heavy atom. The molecule has 0 radical (unpaired) electrons. The molecule has 4 rings (SSSR count). The minimum atomic E-state index is -0.601. The van der Waals surface area contributed by atoms with Crippen LogP contribution >= 0.6 is 0 Å². The summed E-state index contributed by atoms with van der Waals surface area (Å²) in [5, 5.41) is 11.4. The lowest BCUT2D eigenvalue weighted by atomic mass is 10.1. The number of ether oxygens (including phenoxy) is 1. The predicted octanol–water partition coefficient (Wildman–Crippen LogP) is 3.56. The van der Waals surface area contributed by atoms with Crippen LogP contribution < -0.4 is 10.1 Å². The van der Waals surface area contributed by atoms with Crippen LogP contribution in [0.5, 0.6) is 5.75 Å². The van der Waals surface area contributed by atoms with E-state index in [-0.39, 0.29) is 5.91 Å². The highest BCUT2D eigenvalue weighted by molar-refractivity contribution is 5.94. The molecular weight excluding hydrogens is 359 g/mol. The number of rotatable bonds is 5. The number of nitrogens with zero attached hydrogens (tertiary/aromatic N) is 3. The summed E-state index contributed by atoms with van der Waals surface area (Å²) in [6.07, 6.45) is -0.601. The van der Waals surface area contributed by atoms with Crippen molar-refractivity contribution < 1.29 is 13.9 Å². The van der Waals surface area contributed by atoms with Crippen molar-refractivity contribution in [3.8, 4) is 5.75 Å². The number of nitrogens with one attached hydrogen (secondary N) is 1. The van der Waals surface area contributed by atoms with E-state index in [4.69, 9.17) is 4.74 Å². The van der Waals surface area contributed by atoms with E-state index in [1.54, 1.807) is 11.8 Å². The predicted molar refractivity (Wildman–Crippen MR) is 103 cm³/mol. The number of fused-ring (bicyclic) bond motifs is 1. The Morgan fingerprint density at radius 3 is 2.46 bits per heavy atom. The molecule has 7 heteroatoms. The molecule has 0 fully saturated rings. The normalized spacial score (nSPS) is 11.9. The van der Waals surface area contributed by atoms with Crippen molar-refractivity contribution in [1.29, 1.82) is 0 Å². The van der Waals surface area contributed by atoms with Crippen LogP contribution in [0.15, 0.2) is 72.8 Å². The van der Waals surface area contributed by atoms with Crippen LogP contribution in [-0.2, 0) is 0 Å². The molecule has 1 N–H and O–H groups in total. The fourth-order valence-electron chi connectivity index (χ4n) is 2.96. The van der Waals surface area contributed by atoms with E-state index in [0.717, 1.165) is 16.6 Å². The van der Waals surface area contributed by atoms with E-state index in [9.17, 15) is 9.18 Å². The average molecular weight is 376 g/mol. The molecule has 28 heavy (non-hydrogen) atoms. The maximum Gasteiger partial charge on any atom is 0.253 e. The molecule has 1 heterocycles. The molecule has 6 nitrogen and oxygen atoms in total. The zero-order chi connectivity index (χ0) is 19.5. The van der Waals surface area contributed by atoms with Gasteiger partial charge in [-0.05, 0) is 54.1 Å². The van der Waals surface area contributed by atoms with Gasteiger partial charge in [0.15, 0.2) is 6.17 Å². The maximum atomic E-state index is 13.2. The van der Waals surface area contributed by atoms with Gasteiger partial charge < -0.3 is 10.1 Å². The fourth-order valence-corrected chi connectivity index (χ4v) is 2.96. The molecule has 0 unspecified atom stereocenters. The largest absolute Gasteiger partial charge is 0.497 e. The molecule has 3 aromatic carbocycles. The second-order valence-corrected chi connectivity index (χ2v) is 6.18. The standard InChI is InChI=1S/C21H17FN4O2/c1-28-17-12-8-14(9-13-17)20(23-21(27)15-6-10-16(22)11-7-15)26-19-5-3-2-4-18(19)24-25-26/h2-13,20H,1H3,(H,23,27)/t20-/m0/s1. The lowest BCUT2D eigenvalue weighted by Gasteiger charge is -2.20. The van der Waals surface area contributed by atoms with Gasteiger partial charge >= 0.3 is 0 Å². The summed E-state index contributed by atoms with van der Waals surface area (Å²) in [6, 6.07) is 20.2. The maximum absolute atomic E-state index is 13.2. The minimum absolute atomic E-state index is 0.347. The van der Waals surface area contributed by atoms with Crippen LogP contribution in [0.1, 0.15) is 22.1 Å². The number of carbonyl (C=O) groups is 1. The number of carbonyl (C=O) groups excluding carboxylic acids is 1. The topological polar surface area (TPSA) is 69.0 Å². The molecule has 1 amide bonds. The third kappa shape index (κ3) is 3.42. The Morgan fingerprint density at radius 1 is 1.04 bits per heavy atom. The van der Waals surface area contributed by atoms with Crippen LogP contribution in [-0.4, -0.2) is 28.0 Å². The molecule has 0 bridgehead atoms. The molecule has 0 aliphatic rings. The Kier molecular flexibility index (Phi) is 4.72. The summed E-state index contributed by atoms with van der Waals surface area (Å²) in [7, 11) is 1.59. The van der Waals surface area contributed by atoms with E-state index < -0.39 is 12.0 Å². The SMILES string of the molecule is COc1ccc([C@@H](NC(=O)c2ccc(F)cc2)n2nnc3ccccc32)cc1. The van der Waals surface area contributed by atoms with E-state index in [1.165, 1.54) is 24.3 Å². The zero-order valence-electron chi connectivity index (χ0n) is 15.0. The van der Waals surface area contributed by atoms with E-state index >= 15 is 0 Å². The van der Waals surface area contributed by atoms with Gasteiger partial charge in [-0.2, -0.15) is 0 Å². The number of para-hydroxylation sites is 1. The quantitative estimate of drug-likeness (QED) is 0.578. The minimum Gasteiger partial charge on any atom is -0.497 e. The van der Waals surface area contributed by atoms with Gasteiger partial charge in [-0.15, -0.1) is 5.10 Å². The fraction of sp³-hybridized carbons (Fsp3) is 0.0952. The Balaban J connectivity index is 1.74. The Bertz CT molecular complexity index is 1110. The number of hydrogen-bond donors (Lipinski definition) is 1. The Hall–Kier alpha value is -3.74. The van der Waals surface area contributed by atoms with Crippen molar-refractivity contribution in [2.75, 3.05) is 7.11 Å². The van der Waals surface area contributed by atoms with Crippen LogP contribution in [0, 0.1) is 5.82 Å². The van der Waals surface area contributed by atoms with Crippen molar-refractivity contribution in [2.24, 2.45) is 0 Å². The van der Waals surface area contributed by atoms with E-state index in [1.807, 2.05) is 48.5 Å². The lowest BCUT2D eigenvalue weighted by molar-refractivity contribution is 0.0927. The number of aromatic nitrogens is 3. The monoisotopic (exact) mass is 376 g/mol. The van der Waals surface area contributed by atoms with Crippen molar-refractivity contribution in [2.45, 2.75) is 6.17 Å². The summed E-state index contributed by atoms with van der Waals surface area (Å²) in [5.41, 5.74) is 2.65. The van der Waals surface area contributed by atoms with E-state index in [0.29, 0.717) is 11.3 Å². The van der Waals surface area contributed by atoms with Gasteiger partial charge in [-0.3, -0.25) is 4.79 Å². The highest BCUT2D eigenvalue weighted by atomic mass is 19.1. The third-order valence-electron chi connectivity index (χ3n) is 4.43. The van der Waals surface area contributed by atoms with Crippen LogP contribution in [0.3, 0.4) is 0 Å². The zero-order valence-corrected chi connectivity index (χ0v) is 15.0. The van der Waals surface area contributed by atoms with E-state index in [2.05, 4.69) is 15.6 Å². The van der Waals surface area contributed by atoms with Crippen LogP contribution in [0.4, 0.5) is 4.39 Å². The van der Waals surface area contributed by atoms with Crippen molar-refractivity contribution in [3.63, 3.8) is 0 Å². The highest BCUT2D eigenvalue weighted by Crippen LogP contribution is 2.23. The molecule has 4 aromatic rings. The number of benzene rings is 3.